The van der Waals surface area contributed by atoms with Crippen molar-refractivity contribution in [3.63, 3.8) is 0 Å². The molecule has 1 atom stereocenters. The normalized spacial score (nSPS) is 17.3. The molecule has 2 aliphatic rings. The number of aromatic nitrogens is 4. The lowest BCUT2D eigenvalue weighted by Gasteiger charge is -2.40. The Bertz CT molecular complexity index is 1960. The van der Waals surface area contributed by atoms with Crippen molar-refractivity contribution in [3.8, 4) is 16.9 Å². The zero-order chi connectivity index (χ0) is 30.6. The van der Waals surface area contributed by atoms with E-state index in [0.29, 0.717) is 12.8 Å². The summed E-state index contributed by atoms with van der Waals surface area (Å²) in [6.45, 7) is 6.01. The molecule has 2 fully saturated rings. The van der Waals surface area contributed by atoms with Gasteiger partial charge in [0.1, 0.15) is 23.1 Å². The van der Waals surface area contributed by atoms with Crippen LogP contribution in [0, 0.1) is 17.5 Å². The van der Waals surface area contributed by atoms with Crippen molar-refractivity contribution >= 4 is 32.6 Å². The van der Waals surface area contributed by atoms with Gasteiger partial charge in [-0.25, -0.2) is 35.9 Å². The van der Waals surface area contributed by atoms with Gasteiger partial charge in [0.2, 0.25) is 5.91 Å². The second-order valence-electron chi connectivity index (χ2n) is 10.5. The second-order valence-corrected chi connectivity index (χ2v) is 12.7. The maximum atomic E-state index is 15.7. The summed E-state index contributed by atoms with van der Waals surface area (Å²) in [6.07, 6.45) is 4.53. The van der Waals surface area contributed by atoms with E-state index in [4.69, 9.17) is 0 Å². The van der Waals surface area contributed by atoms with Gasteiger partial charge in [0.25, 0.3) is 0 Å². The van der Waals surface area contributed by atoms with E-state index in [2.05, 4.69) is 21.5 Å². The molecule has 6 rings (SSSR count). The number of anilines is 1. The monoisotopic (exact) mass is 610 g/mol. The molecule has 0 spiro atoms. The van der Waals surface area contributed by atoms with Crippen LogP contribution >= 0.6 is 0 Å². The molecule has 1 aliphatic heterocycles. The van der Waals surface area contributed by atoms with Crippen molar-refractivity contribution in [2.24, 2.45) is 0 Å². The lowest BCUT2D eigenvalue weighted by molar-refractivity contribution is -0.126. The van der Waals surface area contributed by atoms with Gasteiger partial charge < -0.3 is 9.80 Å². The topological polar surface area (TPSA) is 118 Å². The van der Waals surface area contributed by atoms with Crippen LogP contribution in [0.3, 0.4) is 0 Å². The summed E-state index contributed by atoms with van der Waals surface area (Å²) >= 11 is 0. The third-order valence-electron chi connectivity index (χ3n) is 7.66. The van der Waals surface area contributed by atoms with E-state index in [1.54, 1.807) is 16.7 Å². The van der Waals surface area contributed by atoms with Crippen molar-refractivity contribution in [2.75, 3.05) is 24.5 Å². The summed E-state index contributed by atoms with van der Waals surface area (Å²) in [5.74, 6) is -3.50. The highest BCUT2D eigenvalue weighted by atomic mass is 32.2. The SMILES string of the molecule is C=CC(=O)N1CCN(c2nc(=O)n(-c3cnccc3S(=O)(=O)C3CC3)c3nc(-c4c(F)cccc4F)c(F)cc23)[C@@H](C)C1. The van der Waals surface area contributed by atoms with Crippen molar-refractivity contribution in [2.45, 2.75) is 36.0 Å². The van der Waals surface area contributed by atoms with Gasteiger partial charge in [-0.1, -0.05) is 12.6 Å². The first-order chi connectivity index (χ1) is 20.5. The van der Waals surface area contributed by atoms with Gasteiger partial charge in [0.15, 0.2) is 21.3 Å². The minimum absolute atomic E-state index is 0.00781. The summed E-state index contributed by atoms with van der Waals surface area (Å²) in [7, 11) is -3.88. The largest absolute Gasteiger partial charge is 0.355 e. The third-order valence-corrected chi connectivity index (χ3v) is 9.97. The Morgan fingerprint density at radius 3 is 2.44 bits per heavy atom. The fraction of sp³-hybridized carbons (Fsp3) is 0.276. The quantitative estimate of drug-likeness (QED) is 0.305. The highest BCUT2D eigenvalue weighted by molar-refractivity contribution is 7.92. The highest BCUT2D eigenvalue weighted by Gasteiger charge is 2.39. The minimum Gasteiger partial charge on any atom is -0.350 e. The number of rotatable bonds is 6. The van der Waals surface area contributed by atoms with Gasteiger partial charge in [-0.15, -0.1) is 0 Å². The molecule has 1 saturated carbocycles. The van der Waals surface area contributed by atoms with Crippen LogP contribution in [0.1, 0.15) is 19.8 Å². The molecule has 4 heterocycles. The first kappa shape index (κ1) is 28.5. The predicted octanol–water partition coefficient (Wildman–Crippen LogP) is 3.42. The smallest absolute Gasteiger partial charge is 0.350 e. The van der Waals surface area contributed by atoms with E-state index in [-0.39, 0.29) is 59.0 Å². The van der Waals surface area contributed by atoms with Crippen molar-refractivity contribution < 1.29 is 26.4 Å². The van der Waals surface area contributed by atoms with Gasteiger partial charge in [-0.2, -0.15) is 4.98 Å². The zero-order valence-corrected chi connectivity index (χ0v) is 23.7. The molecule has 0 N–H and O–H groups in total. The Balaban J connectivity index is 1.64. The summed E-state index contributed by atoms with van der Waals surface area (Å²) in [6, 6.07) is 4.85. The number of pyridine rings is 2. The number of piperazine rings is 1. The van der Waals surface area contributed by atoms with Crippen molar-refractivity contribution in [1.82, 2.24) is 24.4 Å². The van der Waals surface area contributed by atoms with E-state index in [9.17, 15) is 26.8 Å². The predicted molar refractivity (Wildman–Crippen MR) is 152 cm³/mol. The number of sulfone groups is 1. The maximum absolute atomic E-state index is 15.7. The molecule has 4 aromatic rings. The maximum Gasteiger partial charge on any atom is 0.355 e. The first-order valence-electron chi connectivity index (χ1n) is 13.5. The molecule has 1 aliphatic carbocycles. The van der Waals surface area contributed by atoms with Crippen LogP contribution in [-0.4, -0.2) is 69.7 Å². The molecular formula is C29H25F3N6O4S. The van der Waals surface area contributed by atoms with Crippen molar-refractivity contribution in [1.29, 1.82) is 0 Å². The summed E-state index contributed by atoms with van der Waals surface area (Å²) < 4.78 is 73.0. The molecule has 1 aromatic carbocycles. The van der Waals surface area contributed by atoms with Gasteiger partial charge in [0, 0.05) is 31.9 Å². The third kappa shape index (κ3) is 4.84. The van der Waals surface area contributed by atoms with Crippen LogP contribution < -0.4 is 10.6 Å². The lowest BCUT2D eigenvalue weighted by atomic mass is 10.1. The number of fused-ring (bicyclic) bond motifs is 1. The zero-order valence-electron chi connectivity index (χ0n) is 22.9. The summed E-state index contributed by atoms with van der Waals surface area (Å²) in [5.41, 5.74) is -2.86. The molecular weight excluding hydrogens is 585 g/mol. The van der Waals surface area contributed by atoms with Crippen LogP contribution in [0.2, 0.25) is 0 Å². The number of carbonyl (C=O) groups excluding carboxylic acids is 1. The molecule has 222 valence electrons. The molecule has 3 aromatic heterocycles. The fourth-order valence-corrected chi connectivity index (χ4v) is 7.18. The van der Waals surface area contributed by atoms with Crippen LogP contribution in [0.15, 0.2) is 65.1 Å². The number of halogens is 3. The standard InChI is InChI=1S/C29H25F3N6O4S/c1-3-24(39)36-11-12-37(16(2)15-36)27-18-13-21(32)26(25-19(30)5-4-6-20(25)31)34-28(18)38(29(40)35-27)22-14-33-10-9-23(22)43(41,42)17-7-8-17/h3-6,9-10,13-14,16-17H,1,7-8,11-12,15H2,2H3/t16-/m0/s1. The Kier molecular flexibility index (Phi) is 7.03. The molecule has 0 radical (unpaired) electrons. The van der Waals surface area contributed by atoms with Gasteiger partial charge in [0.05, 0.1) is 33.0 Å². The Hall–Kier alpha value is -4.59. The summed E-state index contributed by atoms with van der Waals surface area (Å²) in [5, 5.41) is -0.640. The number of hydrogen-bond acceptors (Lipinski definition) is 8. The number of nitrogens with zero attached hydrogens (tertiary/aromatic N) is 6. The minimum atomic E-state index is -3.88. The number of amides is 1. The van der Waals surface area contributed by atoms with Crippen LogP contribution in [-0.2, 0) is 14.6 Å². The number of carbonyl (C=O) groups is 1. The average Bonchev–Trinajstić information content (AvgIpc) is 3.84. The Morgan fingerprint density at radius 1 is 1.07 bits per heavy atom. The van der Waals surface area contributed by atoms with Gasteiger partial charge >= 0.3 is 5.69 Å². The fourth-order valence-electron chi connectivity index (χ4n) is 5.38. The van der Waals surface area contributed by atoms with E-state index in [0.717, 1.165) is 35.0 Å². The number of benzene rings is 1. The van der Waals surface area contributed by atoms with E-state index in [1.165, 1.54) is 18.3 Å². The van der Waals surface area contributed by atoms with Gasteiger partial charge in [-0.05, 0) is 50.1 Å². The molecule has 0 unspecified atom stereocenters. The molecule has 10 nitrogen and oxygen atoms in total. The average molecular weight is 611 g/mol. The van der Waals surface area contributed by atoms with E-state index >= 15 is 4.39 Å². The molecule has 0 bridgehead atoms. The second kappa shape index (κ2) is 10.6. The highest BCUT2D eigenvalue weighted by Crippen LogP contribution is 2.37. The Labute approximate surface area is 244 Å². The molecule has 1 amide bonds. The van der Waals surface area contributed by atoms with E-state index in [1.807, 2.05) is 0 Å². The van der Waals surface area contributed by atoms with E-state index < -0.39 is 49.5 Å². The first-order valence-corrected chi connectivity index (χ1v) is 15.0. The molecule has 1 saturated heterocycles. The van der Waals surface area contributed by atoms with Crippen LogP contribution in [0.5, 0.6) is 0 Å². The van der Waals surface area contributed by atoms with Crippen LogP contribution in [0.4, 0.5) is 19.0 Å². The number of hydrogen-bond donors (Lipinski definition) is 0. The van der Waals surface area contributed by atoms with Crippen molar-refractivity contribution in [3.05, 3.63) is 83.3 Å². The lowest BCUT2D eigenvalue weighted by Crippen LogP contribution is -2.54. The molecule has 14 heteroatoms. The summed E-state index contributed by atoms with van der Waals surface area (Å²) in [4.78, 5) is 41.6. The van der Waals surface area contributed by atoms with Gasteiger partial charge in [-0.3, -0.25) is 9.78 Å². The molecule has 43 heavy (non-hydrogen) atoms. The Morgan fingerprint density at radius 2 is 1.79 bits per heavy atom. The van der Waals surface area contributed by atoms with Crippen LogP contribution in [0.25, 0.3) is 28.0 Å².